The van der Waals surface area contributed by atoms with Gasteiger partial charge in [0.15, 0.2) is 0 Å². The van der Waals surface area contributed by atoms with Gasteiger partial charge in [-0.2, -0.15) is 0 Å². The maximum absolute atomic E-state index is 8.49. The third-order valence-electron chi connectivity index (χ3n) is 3.60. The van der Waals surface area contributed by atoms with E-state index in [1.807, 2.05) is 20.0 Å². The van der Waals surface area contributed by atoms with Crippen molar-refractivity contribution in [1.29, 1.82) is 0 Å². The maximum atomic E-state index is 8.49. The van der Waals surface area contributed by atoms with Crippen LogP contribution in [-0.2, 0) is 0 Å². The number of aromatic nitrogens is 1. The minimum absolute atomic E-state index is 0.587. The normalized spacial score (nSPS) is 13.2. The molecule has 1 nitrogen and oxygen atoms in total. The van der Waals surface area contributed by atoms with Crippen molar-refractivity contribution in [1.82, 2.24) is 4.98 Å². The second-order valence-corrected chi connectivity index (χ2v) is 17.3. The van der Waals surface area contributed by atoms with Crippen LogP contribution >= 0.6 is 0 Å². The minimum atomic E-state index is -2.03. The van der Waals surface area contributed by atoms with Crippen LogP contribution in [-0.4, -0.2) is 18.3 Å². The van der Waals surface area contributed by atoms with E-state index in [0.717, 1.165) is 16.8 Å². The van der Waals surface area contributed by atoms with Crippen LogP contribution in [0.25, 0.3) is 11.3 Å². The summed E-state index contributed by atoms with van der Waals surface area (Å²) in [6.07, 6.45) is 2.03. The molecule has 0 bridgehead atoms. The van der Waals surface area contributed by atoms with Crippen LogP contribution in [0.1, 0.15) is 32.2 Å². The van der Waals surface area contributed by atoms with Crippen LogP contribution in [0.3, 0.4) is 0 Å². The van der Waals surface area contributed by atoms with E-state index in [1.54, 1.807) is 0 Å². The average molecular weight is 329 g/mol. The first kappa shape index (κ1) is 13.9. The summed E-state index contributed by atoms with van der Waals surface area (Å²) in [5.41, 5.74) is 4.49. The van der Waals surface area contributed by atoms with Gasteiger partial charge in [0, 0.05) is 0 Å². The van der Waals surface area contributed by atoms with Crippen molar-refractivity contribution in [3.05, 3.63) is 47.7 Å². The molecule has 0 aliphatic heterocycles. The zero-order valence-corrected chi connectivity index (χ0v) is 15.5. The molecule has 20 heavy (non-hydrogen) atoms. The van der Waals surface area contributed by atoms with E-state index >= 15 is 0 Å². The molecule has 0 amide bonds. The summed E-state index contributed by atoms with van der Waals surface area (Å²) in [6, 6.07) is 10.6. The topological polar surface area (TPSA) is 12.9 Å². The number of hydrogen-bond acceptors (Lipinski definition) is 1. The van der Waals surface area contributed by atoms with Crippen molar-refractivity contribution in [3.63, 3.8) is 0 Å². The fourth-order valence-corrected chi connectivity index (χ4v) is 5.67. The molecule has 0 saturated heterocycles. The van der Waals surface area contributed by atoms with Crippen LogP contribution in [0.2, 0.25) is 17.3 Å². The predicted octanol–water partition coefficient (Wildman–Crippen LogP) is 4.73. The Morgan fingerprint density at radius 1 is 1.10 bits per heavy atom. The first-order chi connectivity index (χ1) is 9.59. The Bertz CT molecular complexity index is 634. The summed E-state index contributed by atoms with van der Waals surface area (Å²) in [7, 11) is 0. The molecule has 2 aromatic rings. The summed E-state index contributed by atoms with van der Waals surface area (Å²) in [4.78, 5) is 4.68. The molecule has 0 spiro atoms. The van der Waals surface area contributed by atoms with Gasteiger partial charge in [-0.15, -0.1) is 0 Å². The van der Waals surface area contributed by atoms with Crippen LogP contribution < -0.4 is 4.40 Å². The Morgan fingerprint density at radius 2 is 1.70 bits per heavy atom. The van der Waals surface area contributed by atoms with Gasteiger partial charge in [0.25, 0.3) is 0 Å². The molecule has 2 rings (SSSR count). The number of pyridine rings is 1. The number of hydrogen-bond donors (Lipinski definition) is 0. The van der Waals surface area contributed by atoms with E-state index < -0.39 is 19.2 Å². The van der Waals surface area contributed by atoms with Gasteiger partial charge in [-0.1, -0.05) is 0 Å². The van der Waals surface area contributed by atoms with Crippen molar-refractivity contribution in [3.8, 4) is 11.3 Å². The molecule has 0 N–H and O–H groups in total. The van der Waals surface area contributed by atoms with Crippen molar-refractivity contribution >= 4 is 17.7 Å². The summed E-state index contributed by atoms with van der Waals surface area (Å²) >= 11 is -2.03. The monoisotopic (exact) mass is 330 g/mol. The molecule has 0 radical (unpaired) electrons. The number of nitrogens with zero attached hydrogens (tertiary/aromatic N) is 1. The predicted molar refractivity (Wildman–Crippen MR) is 91.5 cm³/mol. The molecule has 1 aromatic heterocycles. The number of aryl methyl sites for hydroxylation is 1. The number of rotatable bonds is 3. The van der Waals surface area contributed by atoms with Gasteiger partial charge < -0.3 is 0 Å². The molecule has 1 aromatic carbocycles. The fourth-order valence-electron chi connectivity index (χ4n) is 2.35. The Balaban J connectivity index is 2.60. The zero-order chi connectivity index (χ0) is 15.8. The first-order valence-corrected chi connectivity index (χ1v) is 14.5. The van der Waals surface area contributed by atoms with Crippen molar-refractivity contribution < 1.29 is 1.37 Å². The van der Waals surface area contributed by atoms with Crippen molar-refractivity contribution in [2.75, 3.05) is 0 Å². The van der Waals surface area contributed by atoms with Gasteiger partial charge in [0.05, 0.1) is 0 Å². The third kappa shape index (κ3) is 3.32. The molecule has 2 heteroatoms. The van der Waals surface area contributed by atoms with E-state index in [4.69, 9.17) is 1.37 Å². The average Bonchev–Trinajstić information content (AvgIpc) is 2.37. The standard InChI is InChI=1S/C18H25GeN/c1-13(2)16-11-18(15-9-7-14(3)8-10-15)20-12-17(16)19(4,5)6/h7-13H,1-6H3/i13D. The second kappa shape index (κ2) is 5.73. The van der Waals surface area contributed by atoms with Gasteiger partial charge >= 0.3 is 127 Å². The molecule has 0 fully saturated rings. The Labute approximate surface area is 127 Å². The van der Waals surface area contributed by atoms with E-state index in [-0.39, 0.29) is 0 Å². The van der Waals surface area contributed by atoms with Crippen molar-refractivity contribution in [2.45, 2.75) is 43.9 Å². The van der Waals surface area contributed by atoms with E-state index in [2.05, 4.69) is 59.5 Å². The van der Waals surface area contributed by atoms with Gasteiger partial charge in [-0.05, 0) is 0 Å². The Morgan fingerprint density at radius 3 is 2.20 bits per heavy atom. The van der Waals surface area contributed by atoms with Gasteiger partial charge in [-0.3, -0.25) is 0 Å². The van der Waals surface area contributed by atoms with Crippen LogP contribution in [0.4, 0.5) is 0 Å². The SMILES string of the molecule is [2H]C(C)(C)c1cc(-c2ccc(C)cc2)nc[c]1[Ge]([CH3])([CH3])[CH3]. The quantitative estimate of drug-likeness (QED) is 0.742. The summed E-state index contributed by atoms with van der Waals surface area (Å²) in [6.45, 7) is 6.03. The molecule has 0 unspecified atom stereocenters. The number of benzene rings is 1. The molecule has 0 aliphatic carbocycles. The van der Waals surface area contributed by atoms with E-state index in [9.17, 15) is 0 Å². The van der Waals surface area contributed by atoms with Gasteiger partial charge in [-0.25, -0.2) is 0 Å². The molecule has 1 heterocycles. The van der Waals surface area contributed by atoms with Crippen LogP contribution in [0, 0.1) is 6.92 Å². The van der Waals surface area contributed by atoms with E-state index in [1.165, 1.54) is 9.96 Å². The Kier molecular flexibility index (Phi) is 3.97. The Hall–Kier alpha value is -1.09. The molecule has 0 saturated carbocycles. The summed E-state index contributed by atoms with van der Waals surface area (Å²) < 4.78 is 9.83. The van der Waals surface area contributed by atoms with E-state index in [0.29, 0.717) is 0 Å². The van der Waals surface area contributed by atoms with Gasteiger partial charge in [0.1, 0.15) is 0 Å². The fraction of sp³-hybridized carbons (Fsp3) is 0.389. The summed E-state index contributed by atoms with van der Waals surface area (Å²) in [5, 5.41) is 0. The zero-order valence-electron chi connectivity index (χ0n) is 14.4. The second-order valence-electron chi connectivity index (χ2n) is 6.73. The van der Waals surface area contributed by atoms with Crippen molar-refractivity contribution in [2.24, 2.45) is 0 Å². The molecular formula is C18H25GeN. The first-order valence-electron chi connectivity index (χ1n) is 7.67. The van der Waals surface area contributed by atoms with Crippen LogP contribution in [0.5, 0.6) is 0 Å². The molecule has 0 atom stereocenters. The third-order valence-corrected chi connectivity index (χ3v) is 7.82. The molecule has 106 valence electrons. The molecular weight excluding hydrogens is 303 g/mol. The van der Waals surface area contributed by atoms with Gasteiger partial charge in [0.2, 0.25) is 0 Å². The van der Waals surface area contributed by atoms with Crippen LogP contribution in [0.15, 0.2) is 36.5 Å². The molecule has 0 aliphatic rings. The summed E-state index contributed by atoms with van der Waals surface area (Å²) in [5.74, 6) is 6.49.